The molecule has 3 nitrogen and oxygen atoms in total. The molecule has 1 aliphatic heterocycles. The highest BCUT2D eigenvalue weighted by molar-refractivity contribution is 4.89. The Labute approximate surface area is 126 Å². The zero-order valence-electron chi connectivity index (χ0n) is 14.1. The monoisotopic (exact) mass is 281 g/mol. The quantitative estimate of drug-likeness (QED) is 0.835. The van der Waals surface area contributed by atoms with E-state index in [0.29, 0.717) is 5.54 Å². The molecule has 3 heteroatoms. The molecule has 0 amide bonds. The summed E-state index contributed by atoms with van der Waals surface area (Å²) in [7, 11) is 2.35. The second-order valence-corrected chi connectivity index (χ2v) is 7.55. The molecule has 1 N–H and O–H groups in total. The third-order valence-electron chi connectivity index (χ3n) is 5.63. The number of piperazine rings is 1. The van der Waals surface area contributed by atoms with Crippen LogP contribution in [0.5, 0.6) is 0 Å². The van der Waals surface area contributed by atoms with E-state index in [-0.39, 0.29) is 0 Å². The molecule has 1 saturated carbocycles. The van der Waals surface area contributed by atoms with Crippen LogP contribution in [0.1, 0.15) is 52.9 Å². The molecule has 0 radical (unpaired) electrons. The Hall–Kier alpha value is -0.120. The molecule has 0 aromatic heterocycles. The van der Waals surface area contributed by atoms with Gasteiger partial charge < -0.3 is 10.2 Å². The van der Waals surface area contributed by atoms with Gasteiger partial charge in [0.1, 0.15) is 0 Å². The van der Waals surface area contributed by atoms with Crippen LogP contribution in [-0.2, 0) is 0 Å². The van der Waals surface area contributed by atoms with Crippen molar-refractivity contribution in [3.63, 3.8) is 0 Å². The molecule has 1 saturated heterocycles. The minimum atomic E-state index is 0.304. The van der Waals surface area contributed by atoms with E-state index in [4.69, 9.17) is 0 Å². The molecular formula is C17H35N3. The van der Waals surface area contributed by atoms with Crippen LogP contribution in [0.2, 0.25) is 0 Å². The maximum absolute atomic E-state index is 3.46. The van der Waals surface area contributed by atoms with Crippen molar-refractivity contribution in [2.75, 3.05) is 39.8 Å². The summed E-state index contributed by atoms with van der Waals surface area (Å²) in [6.45, 7) is 13.1. The van der Waals surface area contributed by atoms with Gasteiger partial charge in [-0.25, -0.2) is 0 Å². The van der Waals surface area contributed by atoms with E-state index in [1.54, 1.807) is 0 Å². The first-order chi connectivity index (χ1) is 9.53. The van der Waals surface area contributed by atoms with Crippen molar-refractivity contribution in [2.24, 2.45) is 5.92 Å². The predicted molar refractivity (Wildman–Crippen MR) is 87.2 cm³/mol. The van der Waals surface area contributed by atoms with Crippen LogP contribution in [0.4, 0.5) is 0 Å². The standard InChI is InChI=1S/C17H35N3/c1-5-15-6-8-16(9-7-15)19(4)14-17(2,3)20-12-10-18-11-13-20/h15-16,18H,5-14H2,1-4H3. The lowest BCUT2D eigenvalue weighted by molar-refractivity contribution is 0.0473. The lowest BCUT2D eigenvalue weighted by atomic mass is 9.83. The fraction of sp³-hybridized carbons (Fsp3) is 1.00. The van der Waals surface area contributed by atoms with Gasteiger partial charge >= 0.3 is 0 Å². The van der Waals surface area contributed by atoms with E-state index in [9.17, 15) is 0 Å². The van der Waals surface area contributed by atoms with Crippen LogP contribution >= 0.6 is 0 Å². The molecule has 0 aromatic carbocycles. The second-order valence-electron chi connectivity index (χ2n) is 7.55. The van der Waals surface area contributed by atoms with Gasteiger partial charge in [-0.1, -0.05) is 13.3 Å². The first kappa shape index (κ1) is 16.3. The van der Waals surface area contributed by atoms with Gasteiger partial charge in [0.2, 0.25) is 0 Å². The molecule has 0 unspecified atom stereocenters. The number of likely N-dealkylation sites (N-methyl/N-ethyl adjacent to an activating group) is 1. The van der Waals surface area contributed by atoms with Crippen molar-refractivity contribution < 1.29 is 0 Å². The largest absolute Gasteiger partial charge is 0.314 e. The van der Waals surface area contributed by atoms with E-state index in [1.807, 2.05) is 0 Å². The zero-order chi connectivity index (χ0) is 14.6. The Balaban J connectivity index is 1.82. The van der Waals surface area contributed by atoms with Crippen molar-refractivity contribution >= 4 is 0 Å². The summed E-state index contributed by atoms with van der Waals surface area (Å²) in [6.07, 6.45) is 7.08. The van der Waals surface area contributed by atoms with Gasteiger partial charge in [0.05, 0.1) is 0 Å². The molecule has 0 aromatic rings. The van der Waals surface area contributed by atoms with E-state index in [1.165, 1.54) is 51.7 Å². The summed E-state index contributed by atoms with van der Waals surface area (Å²) in [4.78, 5) is 5.31. The van der Waals surface area contributed by atoms with E-state index in [2.05, 4.69) is 42.9 Å². The molecular weight excluding hydrogens is 246 g/mol. The molecule has 2 aliphatic rings. The average molecular weight is 281 g/mol. The topological polar surface area (TPSA) is 18.5 Å². The molecule has 0 bridgehead atoms. The third kappa shape index (κ3) is 4.19. The van der Waals surface area contributed by atoms with E-state index >= 15 is 0 Å². The second kappa shape index (κ2) is 7.24. The van der Waals surface area contributed by atoms with Gasteiger partial charge in [-0.05, 0) is 52.5 Å². The minimum absolute atomic E-state index is 0.304. The highest BCUT2D eigenvalue weighted by Crippen LogP contribution is 2.30. The SMILES string of the molecule is CCC1CCC(N(C)CC(C)(C)N2CCNCC2)CC1. The predicted octanol–water partition coefficient (Wildman–Crippen LogP) is 2.57. The molecule has 1 heterocycles. The highest BCUT2D eigenvalue weighted by atomic mass is 15.3. The number of nitrogens with one attached hydrogen (secondary N) is 1. The molecule has 2 fully saturated rings. The molecule has 2 rings (SSSR count). The van der Waals surface area contributed by atoms with Crippen molar-refractivity contribution in [3.8, 4) is 0 Å². The van der Waals surface area contributed by atoms with E-state index < -0.39 is 0 Å². The lowest BCUT2D eigenvalue weighted by Crippen LogP contribution is -2.58. The summed E-state index contributed by atoms with van der Waals surface area (Å²) < 4.78 is 0. The maximum Gasteiger partial charge on any atom is 0.0281 e. The summed E-state index contributed by atoms with van der Waals surface area (Å²) in [5.74, 6) is 1.00. The average Bonchev–Trinajstić information content (AvgIpc) is 2.48. The van der Waals surface area contributed by atoms with Crippen LogP contribution in [0.3, 0.4) is 0 Å². The summed E-state index contributed by atoms with van der Waals surface area (Å²) >= 11 is 0. The number of nitrogens with zero attached hydrogens (tertiary/aromatic N) is 2. The Morgan fingerprint density at radius 3 is 2.25 bits per heavy atom. The Morgan fingerprint density at radius 1 is 1.10 bits per heavy atom. The minimum Gasteiger partial charge on any atom is -0.314 e. The van der Waals surface area contributed by atoms with Crippen LogP contribution in [0, 0.1) is 5.92 Å². The van der Waals surface area contributed by atoms with E-state index in [0.717, 1.165) is 25.0 Å². The maximum atomic E-state index is 3.46. The van der Waals surface area contributed by atoms with Crippen molar-refractivity contribution in [3.05, 3.63) is 0 Å². The molecule has 0 spiro atoms. The zero-order valence-corrected chi connectivity index (χ0v) is 14.1. The Morgan fingerprint density at radius 2 is 1.70 bits per heavy atom. The fourth-order valence-electron chi connectivity index (χ4n) is 4.10. The Kier molecular flexibility index (Phi) is 5.88. The third-order valence-corrected chi connectivity index (χ3v) is 5.63. The number of hydrogen-bond donors (Lipinski definition) is 1. The first-order valence-electron chi connectivity index (χ1n) is 8.69. The summed E-state index contributed by atoms with van der Waals surface area (Å²) in [5, 5.41) is 3.46. The van der Waals surface area contributed by atoms with Crippen LogP contribution in [-0.4, -0.2) is 61.2 Å². The van der Waals surface area contributed by atoms with Crippen LogP contribution < -0.4 is 5.32 Å². The summed E-state index contributed by atoms with van der Waals surface area (Å²) in [6, 6.07) is 0.819. The number of hydrogen-bond acceptors (Lipinski definition) is 3. The highest BCUT2D eigenvalue weighted by Gasteiger charge is 2.32. The van der Waals surface area contributed by atoms with Crippen molar-refractivity contribution in [2.45, 2.75) is 64.5 Å². The molecule has 20 heavy (non-hydrogen) atoms. The Bertz CT molecular complexity index is 276. The fourth-order valence-corrected chi connectivity index (χ4v) is 4.10. The van der Waals surface area contributed by atoms with Gasteiger partial charge in [0.25, 0.3) is 0 Å². The smallest absolute Gasteiger partial charge is 0.0281 e. The van der Waals surface area contributed by atoms with Gasteiger partial charge in [0, 0.05) is 44.3 Å². The van der Waals surface area contributed by atoms with Gasteiger partial charge in [-0.2, -0.15) is 0 Å². The van der Waals surface area contributed by atoms with Crippen LogP contribution in [0.25, 0.3) is 0 Å². The number of rotatable bonds is 5. The molecule has 1 aliphatic carbocycles. The van der Waals surface area contributed by atoms with Gasteiger partial charge in [0.15, 0.2) is 0 Å². The van der Waals surface area contributed by atoms with Crippen LogP contribution in [0.15, 0.2) is 0 Å². The van der Waals surface area contributed by atoms with Gasteiger partial charge in [-0.15, -0.1) is 0 Å². The first-order valence-corrected chi connectivity index (χ1v) is 8.69. The van der Waals surface area contributed by atoms with Gasteiger partial charge in [-0.3, -0.25) is 4.90 Å². The lowest BCUT2D eigenvalue weighted by Gasteiger charge is -2.45. The molecule has 118 valence electrons. The normalized spacial score (nSPS) is 29.9. The molecule has 0 atom stereocenters. The van der Waals surface area contributed by atoms with Crippen molar-refractivity contribution in [1.29, 1.82) is 0 Å². The van der Waals surface area contributed by atoms with Crippen molar-refractivity contribution in [1.82, 2.24) is 15.1 Å². The summed E-state index contributed by atoms with van der Waals surface area (Å²) in [5.41, 5.74) is 0.304.